The van der Waals surface area contributed by atoms with Crippen molar-refractivity contribution in [2.45, 2.75) is 26.3 Å². The molecule has 0 radical (unpaired) electrons. The Bertz CT molecular complexity index is 509. The first-order valence-electron chi connectivity index (χ1n) is 4.96. The van der Waals surface area contributed by atoms with Crippen LogP contribution >= 0.6 is 11.6 Å². The first-order valence-corrected chi connectivity index (χ1v) is 6.82. The van der Waals surface area contributed by atoms with Gasteiger partial charge in [-0.1, -0.05) is 11.6 Å². The van der Waals surface area contributed by atoms with Crippen molar-refractivity contribution < 1.29 is 8.42 Å². The van der Waals surface area contributed by atoms with Crippen LogP contribution in [0.4, 0.5) is 11.4 Å². The van der Waals surface area contributed by atoms with Gasteiger partial charge in [0, 0.05) is 11.2 Å². The van der Waals surface area contributed by atoms with E-state index in [0.717, 1.165) is 0 Å². The summed E-state index contributed by atoms with van der Waals surface area (Å²) in [4.78, 5) is 0. The summed E-state index contributed by atoms with van der Waals surface area (Å²) in [5.41, 5.74) is 5.72. The first kappa shape index (κ1) is 14.1. The minimum atomic E-state index is -3.65. The fourth-order valence-electron chi connectivity index (χ4n) is 1.19. The molecule has 7 heteroatoms. The summed E-state index contributed by atoms with van der Waals surface area (Å²) in [7, 11) is -3.65. The zero-order chi connectivity index (χ0) is 13.3. The highest BCUT2D eigenvalue weighted by Gasteiger charge is 2.20. The highest BCUT2D eigenvalue weighted by Crippen LogP contribution is 2.24. The Labute approximate surface area is 107 Å². The van der Waals surface area contributed by atoms with Gasteiger partial charge in [-0.2, -0.15) is 13.1 Å². The number of nitrogens with one attached hydrogen (secondary N) is 2. The van der Waals surface area contributed by atoms with Gasteiger partial charge in [0.15, 0.2) is 0 Å². The molecule has 0 saturated heterocycles. The molecule has 1 aromatic rings. The Morgan fingerprint density at radius 3 is 2.35 bits per heavy atom. The summed E-state index contributed by atoms with van der Waals surface area (Å²) in [5, 5.41) is 0.254. The van der Waals surface area contributed by atoms with Crippen LogP contribution in [-0.4, -0.2) is 14.0 Å². The van der Waals surface area contributed by atoms with E-state index < -0.39 is 15.7 Å². The fraction of sp³-hybridized carbons (Fsp3) is 0.400. The van der Waals surface area contributed by atoms with Gasteiger partial charge in [-0.25, -0.2) is 0 Å². The number of benzene rings is 1. The molecule has 0 aliphatic heterocycles. The van der Waals surface area contributed by atoms with E-state index in [9.17, 15) is 8.42 Å². The largest absolute Gasteiger partial charge is 0.399 e. The Hall–Kier alpha value is -0.980. The molecule has 0 aromatic heterocycles. The van der Waals surface area contributed by atoms with E-state index in [0.29, 0.717) is 5.69 Å². The molecule has 0 amide bonds. The van der Waals surface area contributed by atoms with Gasteiger partial charge in [-0.3, -0.25) is 4.72 Å². The molecule has 0 fully saturated rings. The molecule has 0 atom stereocenters. The van der Waals surface area contributed by atoms with Gasteiger partial charge < -0.3 is 5.73 Å². The van der Waals surface area contributed by atoms with Gasteiger partial charge in [0.05, 0.1) is 10.7 Å². The average Bonchev–Trinajstić information content (AvgIpc) is 2.05. The molecular formula is C10H16ClN3O2S. The van der Waals surface area contributed by atoms with Gasteiger partial charge in [0.1, 0.15) is 0 Å². The van der Waals surface area contributed by atoms with Crippen LogP contribution in [0.5, 0.6) is 0 Å². The van der Waals surface area contributed by atoms with Crippen LogP contribution < -0.4 is 15.2 Å². The lowest BCUT2D eigenvalue weighted by Crippen LogP contribution is -2.43. The van der Waals surface area contributed by atoms with Gasteiger partial charge in [0.25, 0.3) is 10.2 Å². The molecule has 0 aliphatic carbocycles. The summed E-state index contributed by atoms with van der Waals surface area (Å²) in [6.45, 7) is 5.24. The third-order valence-electron chi connectivity index (χ3n) is 1.68. The number of nitrogens with two attached hydrogens (primary N) is 1. The third-order valence-corrected chi connectivity index (χ3v) is 3.36. The Morgan fingerprint density at radius 1 is 1.29 bits per heavy atom. The molecule has 0 bridgehead atoms. The topological polar surface area (TPSA) is 84.2 Å². The number of halogens is 1. The maximum absolute atomic E-state index is 11.7. The Morgan fingerprint density at radius 2 is 1.88 bits per heavy atom. The molecule has 4 N–H and O–H groups in total. The van der Waals surface area contributed by atoms with Gasteiger partial charge in [-0.05, 0) is 39.0 Å². The fourth-order valence-corrected chi connectivity index (χ4v) is 2.80. The van der Waals surface area contributed by atoms with Crippen molar-refractivity contribution in [1.82, 2.24) is 4.72 Å². The number of hydrogen-bond donors (Lipinski definition) is 3. The molecule has 5 nitrogen and oxygen atoms in total. The molecule has 1 aromatic carbocycles. The molecule has 0 spiro atoms. The SMILES string of the molecule is CC(C)(C)NS(=O)(=O)Nc1ccc(N)cc1Cl. The van der Waals surface area contributed by atoms with Crippen LogP contribution in [0, 0.1) is 0 Å². The van der Waals surface area contributed by atoms with Crippen molar-refractivity contribution in [2.24, 2.45) is 0 Å². The monoisotopic (exact) mass is 277 g/mol. The second-order valence-electron chi connectivity index (χ2n) is 4.70. The highest BCUT2D eigenvalue weighted by molar-refractivity contribution is 7.90. The van der Waals surface area contributed by atoms with E-state index in [1.54, 1.807) is 26.8 Å². The van der Waals surface area contributed by atoms with Gasteiger partial charge >= 0.3 is 0 Å². The maximum atomic E-state index is 11.7. The molecule has 17 heavy (non-hydrogen) atoms. The lowest BCUT2D eigenvalue weighted by atomic mass is 10.1. The summed E-state index contributed by atoms with van der Waals surface area (Å²) in [6, 6.07) is 4.57. The van der Waals surface area contributed by atoms with Crippen LogP contribution in [0.15, 0.2) is 18.2 Å². The van der Waals surface area contributed by atoms with Crippen LogP contribution in [-0.2, 0) is 10.2 Å². The zero-order valence-corrected chi connectivity index (χ0v) is 11.5. The van der Waals surface area contributed by atoms with Crippen molar-refractivity contribution in [1.29, 1.82) is 0 Å². The van der Waals surface area contributed by atoms with Crippen molar-refractivity contribution in [3.63, 3.8) is 0 Å². The van der Waals surface area contributed by atoms with Crippen LogP contribution in [0.1, 0.15) is 20.8 Å². The normalized spacial score (nSPS) is 12.5. The minimum absolute atomic E-state index is 0.254. The van der Waals surface area contributed by atoms with Gasteiger partial charge in [0.2, 0.25) is 0 Å². The standard InChI is InChI=1S/C10H16ClN3O2S/c1-10(2,3)14-17(15,16)13-9-5-4-7(12)6-8(9)11/h4-6,13-14H,12H2,1-3H3. The maximum Gasteiger partial charge on any atom is 0.299 e. The quantitative estimate of drug-likeness (QED) is 0.739. The predicted octanol–water partition coefficient (Wildman–Crippen LogP) is 1.97. The van der Waals surface area contributed by atoms with E-state index in [1.807, 2.05) is 0 Å². The molecule has 0 heterocycles. The average molecular weight is 278 g/mol. The summed E-state index contributed by atoms with van der Waals surface area (Å²) in [5.74, 6) is 0. The third kappa shape index (κ3) is 4.80. The smallest absolute Gasteiger partial charge is 0.299 e. The van der Waals surface area contributed by atoms with Crippen molar-refractivity contribution in [3.05, 3.63) is 23.2 Å². The van der Waals surface area contributed by atoms with Gasteiger partial charge in [-0.15, -0.1) is 0 Å². The van der Waals surface area contributed by atoms with Crippen LogP contribution in [0.3, 0.4) is 0 Å². The minimum Gasteiger partial charge on any atom is -0.399 e. The van der Waals surface area contributed by atoms with Crippen molar-refractivity contribution in [2.75, 3.05) is 10.5 Å². The van der Waals surface area contributed by atoms with Crippen molar-refractivity contribution >= 4 is 33.2 Å². The van der Waals surface area contributed by atoms with E-state index >= 15 is 0 Å². The predicted molar refractivity (Wildman–Crippen MR) is 71.3 cm³/mol. The molecule has 0 aliphatic rings. The van der Waals surface area contributed by atoms with Crippen LogP contribution in [0.25, 0.3) is 0 Å². The zero-order valence-electron chi connectivity index (χ0n) is 9.91. The first-order chi connectivity index (χ1) is 7.59. The number of nitrogen functional groups attached to an aromatic ring is 1. The molecule has 96 valence electrons. The number of rotatable bonds is 3. The van der Waals surface area contributed by atoms with E-state index in [4.69, 9.17) is 17.3 Å². The number of hydrogen-bond acceptors (Lipinski definition) is 3. The molecule has 1 rings (SSSR count). The highest BCUT2D eigenvalue weighted by atomic mass is 35.5. The van der Waals surface area contributed by atoms with E-state index in [2.05, 4.69) is 9.44 Å². The Balaban J connectivity index is 2.91. The second kappa shape index (κ2) is 4.72. The summed E-state index contributed by atoms with van der Waals surface area (Å²) >= 11 is 5.87. The summed E-state index contributed by atoms with van der Waals surface area (Å²) < 4.78 is 28.3. The molecule has 0 unspecified atom stereocenters. The Kier molecular flexibility index (Phi) is 3.91. The van der Waals surface area contributed by atoms with Crippen LogP contribution in [0.2, 0.25) is 5.02 Å². The molecular weight excluding hydrogens is 262 g/mol. The number of anilines is 2. The van der Waals surface area contributed by atoms with Crippen molar-refractivity contribution in [3.8, 4) is 0 Å². The van der Waals surface area contributed by atoms with E-state index in [-0.39, 0.29) is 10.7 Å². The lowest BCUT2D eigenvalue weighted by molar-refractivity contribution is 0.494. The van der Waals surface area contributed by atoms with E-state index in [1.165, 1.54) is 12.1 Å². The summed E-state index contributed by atoms with van der Waals surface area (Å²) in [6.07, 6.45) is 0. The molecule has 0 saturated carbocycles. The second-order valence-corrected chi connectivity index (χ2v) is 6.52. The lowest BCUT2D eigenvalue weighted by Gasteiger charge is -2.21.